The first-order valence-electron chi connectivity index (χ1n) is 11.6. The number of para-hydroxylation sites is 1. The summed E-state index contributed by atoms with van der Waals surface area (Å²) in [5.41, 5.74) is 8.65. The second kappa shape index (κ2) is 6.84. The fraction of sp³-hybridized carbons (Fsp3) is 0. The minimum atomic E-state index is 0.799. The van der Waals surface area contributed by atoms with Crippen LogP contribution in [0.3, 0.4) is 0 Å². The van der Waals surface area contributed by atoms with E-state index in [-0.39, 0.29) is 0 Å². The second-order valence-electron chi connectivity index (χ2n) is 8.90. The van der Waals surface area contributed by atoms with Crippen molar-refractivity contribution in [3.8, 4) is 22.4 Å². The van der Waals surface area contributed by atoms with Crippen molar-refractivity contribution in [2.75, 3.05) is 0 Å². The number of nitrogens with zero attached hydrogens (tertiary/aromatic N) is 2. The summed E-state index contributed by atoms with van der Waals surface area (Å²) in [7, 11) is 0. The van der Waals surface area contributed by atoms with E-state index in [1.54, 1.807) is 0 Å². The maximum absolute atomic E-state index is 6.29. The molecule has 0 saturated heterocycles. The maximum Gasteiger partial charge on any atom is 0.178 e. The molecule has 0 radical (unpaired) electrons. The lowest BCUT2D eigenvalue weighted by Crippen LogP contribution is -1.80. The van der Waals surface area contributed by atoms with Crippen LogP contribution in [0.15, 0.2) is 118 Å². The molecule has 4 aromatic carbocycles. The van der Waals surface area contributed by atoms with Gasteiger partial charge in [-0.2, -0.15) is 0 Å². The summed E-state index contributed by atoms with van der Waals surface area (Å²) < 4.78 is 14.5. The molecule has 0 aliphatic rings. The van der Waals surface area contributed by atoms with E-state index in [4.69, 9.17) is 13.8 Å². The fourth-order valence-electron chi connectivity index (χ4n) is 5.10. The van der Waals surface area contributed by atoms with Crippen molar-refractivity contribution in [1.29, 1.82) is 0 Å². The van der Waals surface area contributed by atoms with E-state index >= 15 is 0 Å². The van der Waals surface area contributed by atoms with Crippen molar-refractivity contribution in [2.24, 2.45) is 0 Å². The summed E-state index contributed by atoms with van der Waals surface area (Å²) in [5.74, 6) is 0. The van der Waals surface area contributed by atoms with Crippen LogP contribution in [-0.2, 0) is 0 Å². The second-order valence-corrected chi connectivity index (χ2v) is 8.90. The van der Waals surface area contributed by atoms with Gasteiger partial charge in [0, 0.05) is 39.5 Å². The van der Waals surface area contributed by atoms with Gasteiger partial charge >= 0.3 is 0 Å². The molecule has 0 fully saturated rings. The summed E-state index contributed by atoms with van der Waals surface area (Å²) in [6, 6.07) is 33.4. The van der Waals surface area contributed by atoms with Crippen LogP contribution in [0.25, 0.3) is 71.9 Å². The zero-order valence-electron chi connectivity index (χ0n) is 18.6. The van der Waals surface area contributed by atoms with Gasteiger partial charge in [-0.15, -0.1) is 0 Å². The lowest BCUT2D eigenvalue weighted by atomic mass is 10.0. The van der Waals surface area contributed by atoms with Crippen LogP contribution in [-0.4, -0.2) is 9.38 Å². The average Bonchev–Trinajstić information content (AvgIpc) is 3.61. The van der Waals surface area contributed by atoms with Crippen LogP contribution < -0.4 is 0 Å². The number of hydrogen-bond donors (Lipinski definition) is 0. The van der Waals surface area contributed by atoms with Gasteiger partial charge in [-0.25, -0.2) is 4.98 Å². The Morgan fingerprint density at radius 1 is 0.543 bits per heavy atom. The molecule has 35 heavy (non-hydrogen) atoms. The van der Waals surface area contributed by atoms with Crippen LogP contribution in [0, 0.1) is 0 Å². The van der Waals surface area contributed by atoms with Crippen molar-refractivity contribution in [3.63, 3.8) is 0 Å². The maximum atomic E-state index is 6.29. The molecule has 0 N–H and O–H groups in total. The van der Waals surface area contributed by atoms with Gasteiger partial charge in [-0.1, -0.05) is 54.6 Å². The molecule has 8 aromatic rings. The zero-order chi connectivity index (χ0) is 22.9. The van der Waals surface area contributed by atoms with Crippen LogP contribution in [0.1, 0.15) is 0 Å². The molecule has 0 aliphatic heterocycles. The van der Waals surface area contributed by atoms with E-state index in [2.05, 4.69) is 66.9 Å². The minimum absolute atomic E-state index is 0.799. The number of fused-ring (bicyclic) bond motifs is 8. The quantitative estimate of drug-likeness (QED) is 0.265. The number of pyridine rings is 1. The Balaban J connectivity index is 1.24. The van der Waals surface area contributed by atoms with E-state index in [0.717, 1.165) is 71.9 Å². The summed E-state index contributed by atoms with van der Waals surface area (Å²) in [6.45, 7) is 0. The molecular formula is C31H18N2O2. The van der Waals surface area contributed by atoms with Crippen molar-refractivity contribution < 1.29 is 8.83 Å². The van der Waals surface area contributed by atoms with Crippen molar-refractivity contribution in [3.05, 3.63) is 109 Å². The Morgan fingerprint density at radius 2 is 1.23 bits per heavy atom. The van der Waals surface area contributed by atoms with Gasteiger partial charge in [-0.05, 0) is 53.6 Å². The average molecular weight is 450 g/mol. The van der Waals surface area contributed by atoms with Gasteiger partial charge in [0.1, 0.15) is 16.8 Å². The molecule has 0 amide bonds. The van der Waals surface area contributed by atoms with Crippen LogP contribution in [0.2, 0.25) is 0 Å². The minimum Gasteiger partial charge on any atom is -0.452 e. The fourth-order valence-corrected chi connectivity index (χ4v) is 5.10. The highest BCUT2D eigenvalue weighted by Crippen LogP contribution is 2.39. The Labute approximate surface area is 199 Å². The lowest BCUT2D eigenvalue weighted by molar-refractivity contribution is 0.633. The topological polar surface area (TPSA) is 43.6 Å². The first-order valence-corrected chi connectivity index (χ1v) is 11.6. The van der Waals surface area contributed by atoms with Gasteiger partial charge in [0.15, 0.2) is 11.2 Å². The van der Waals surface area contributed by atoms with E-state index in [0.29, 0.717) is 0 Å². The van der Waals surface area contributed by atoms with E-state index in [1.807, 2.05) is 47.0 Å². The SMILES string of the molecule is c1ccc2c(c1)oc1c2ccc2c3cc(-c4ccc(-c5cn6ccccc6n5)cc4)ccc3oc21. The number of benzene rings is 4. The van der Waals surface area contributed by atoms with E-state index in [1.165, 1.54) is 0 Å². The molecule has 4 heteroatoms. The zero-order valence-corrected chi connectivity index (χ0v) is 18.6. The first-order chi connectivity index (χ1) is 17.3. The summed E-state index contributed by atoms with van der Waals surface area (Å²) in [6.07, 6.45) is 4.08. The number of hydrogen-bond acceptors (Lipinski definition) is 3. The molecule has 4 aromatic heterocycles. The third-order valence-electron chi connectivity index (χ3n) is 6.86. The summed E-state index contributed by atoms with van der Waals surface area (Å²) >= 11 is 0. The van der Waals surface area contributed by atoms with Crippen molar-refractivity contribution in [1.82, 2.24) is 9.38 Å². The molecule has 4 heterocycles. The predicted octanol–water partition coefficient (Wildman–Crippen LogP) is 8.47. The smallest absolute Gasteiger partial charge is 0.178 e. The van der Waals surface area contributed by atoms with E-state index < -0.39 is 0 Å². The molecule has 8 rings (SSSR count). The summed E-state index contributed by atoms with van der Waals surface area (Å²) in [4.78, 5) is 4.74. The Hall–Kier alpha value is -4.83. The number of aromatic nitrogens is 2. The number of imidazole rings is 1. The lowest BCUT2D eigenvalue weighted by Gasteiger charge is -2.03. The summed E-state index contributed by atoms with van der Waals surface area (Å²) in [5, 5.41) is 4.34. The Bertz CT molecular complexity index is 2020. The monoisotopic (exact) mass is 450 g/mol. The Kier molecular flexibility index (Phi) is 3.63. The molecule has 0 aliphatic carbocycles. The number of rotatable bonds is 2. The van der Waals surface area contributed by atoms with Crippen molar-refractivity contribution in [2.45, 2.75) is 0 Å². The molecule has 0 saturated carbocycles. The third-order valence-corrected chi connectivity index (χ3v) is 6.86. The highest BCUT2D eigenvalue weighted by atomic mass is 16.4. The largest absolute Gasteiger partial charge is 0.452 e. The predicted molar refractivity (Wildman–Crippen MR) is 141 cm³/mol. The van der Waals surface area contributed by atoms with Crippen LogP contribution >= 0.6 is 0 Å². The normalized spacial score (nSPS) is 12.0. The number of furan rings is 2. The molecule has 0 bridgehead atoms. The molecule has 164 valence electrons. The highest BCUT2D eigenvalue weighted by molar-refractivity contribution is 6.19. The standard InChI is InChI=1S/C31H18N2O2/c1-2-6-27-22(5-1)23-13-14-24-25-17-21(12-15-28(25)35-31(24)30(23)34-27)19-8-10-20(11-9-19)26-18-33-16-4-3-7-29(33)32-26/h1-18H. The third kappa shape index (κ3) is 2.71. The van der Waals surface area contributed by atoms with Gasteiger partial charge < -0.3 is 13.2 Å². The Morgan fingerprint density at radius 3 is 2.06 bits per heavy atom. The van der Waals surface area contributed by atoms with Crippen molar-refractivity contribution >= 4 is 49.5 Å². The molecule has 0 unspecified atom stereocenters. The van der Waals surface area contributed by atoms with Gasteiger partial charge in [0.25, 0.3) is 0 Å². The highest BCUT2D eigenvalue weighted by Gasteiger charge is 2.16. The van der Waals surface area contributed by atoms with Gasteiger partial charge in [-0.3, -0.25) is 0 Å². The molecular weight excluding hydrogens is 432 g/mol. The molecule has 0 atom stereocenters. The van der Waals surface area contributed by atoms with Crippen LogP contribution in [0.4, 0.5) is 0 Å². The van der Waals surface area contributed by atoms with Gasteiger partial charge in [0.2, 0.25) is 0 Å². The molecule has 0 spiro atoms. The van der Waals surface area contributed by atoms with Gasteiger partial charge in [0.05, 0.1) is 5.69 Å². The van der Waals surface area contributed by atoms with E-state index in [9.17, 15) is 0 Å². The first kappa shape index (κ1) is 18.6. The van der Waals surface area contributed by atoms with Crippen LogP contribution in [0.5, 0.6) is 0 Å². The molecule has 4 nitrogen and oxygen atoms in total.